The highest BCUT2D eigenvalue weighted by Crippen LogP contribution is 2.45. The van der Waals surface area contributed by atoms with Crippen LogP contribution in [0.1, 0.15) is 50.6 Å². The molecular weight excluding hydrogens is 596 g/mol. The Morgan fingerprint density at radius 3 is 2.38 bits per heavy atom. The van der Waals surface area contributed by atoms with Gasteiger partial charge in [0.2, 0.25) is 0 Å². The molecule has 11 heteroatoms. The summed E-state index contributed by atoms with van der Waals surface area (Å²) < 4.78 is 22.0. The van der Waals surface area contributed by atoms with Crippen molar-refractivity contribution in [1.82, 2.24) is 4.98 Å². The standard InChI is InChI=1S/C34H32N2O8S/c1-6-43-25-16-13-22(17-26(25)41-4)28-27(30(38)32(39)36(28)34-35-20(3)31(45-34)33(40)42-5)29(37)21-11-14-24(15-12-21)44-18-23-10-8-7-9-19(23)2/h7-17,28,37H,6,18H2,1-5H3/b29-27+. The quantitative estimate of drug-likeness (QED) is 0.0952. The van der Waals surface area contributed by atoms with Crippen LogP contribution in [0, 0.1) is 13.8 Å². The van der Waals surface area contributed by atoms with Crippen molar-refractivity contribution in [2.45, 2.75) is 33.4 Å². The number of hydrogen-bond donors (Lipinski definition) is 1. The van der Waals surface area contributed by atoms with Gasteiger partial charge in [-0.05, 0) is 73.9 Å². The number of ether oxygens (including phenoxy) is 4. The van der Waals surface area contributed by atoms with E-state index in [0.29, 0.717) is 47.3 Å². The fourth-order valence-corrected chi connectivity index (χ4v) is 6.05. The molecule has 3 aromatic carbocycles. The fraction of sp³-hybridized carbons (Fsp3) is 0.235. The summed E-state index contributed by atoms with van der Waals surface area (Å²) in [7, 11) is 2.73. The first kappa shape index (κ1) is 31.3. The number of aliphatic hydroxyl groups is 1. The molecule has 0 spiro atoms. The van der Waals surface area contributed by atoms with E-state index < -0.39 is 23.7 Å². The van der Waals surface area contributed by atoms with Crippen LogP contribution in [0.5, 0.6) is 17.2 Å². The summed E-state index contributed by atoms with van der Waals surface area (Å²) in [4.78, 5) is 45.4. The van der Waals surface area contributed by atoms with Gasteiger partial charge in [0, 0.05) is 5.56 Å². The number of methoxy groups -OCH3 is 2. The number of rotatable bonds is 10. The molecule has 1 fully saturated rings. The van der Waals surface area contributed by atoms with Crippen LogP contribution in [0.2, 0.25) is 0 Å². The number of benzene rings is 3. The molecule has 0 bridgehead atoms. The van der Waals surface area contributed by atoms with Crippen LogP contribution in [-0.4, -0.2) is 48.6 Å². The van der Waals surface area contributed by atoms with Gasteiger partial charge in [0.15, 0.2) is 16.6 Å². The second-order valence-electron chi connectivity index (χ2n) is 10.2. The number of ketones is 1. The number of esters is 1. The van der Waals surface area contributed by atoms with Crippen LogP contribution in [-0.2, 0) is 20.9 Å². The third-order valence-corrected chi connectivity index (χ3v) is 8.53. The lowest BCUT2D eigenvalue weighted by molar-refractivity contribution is -0.132. The van der Waals surface area contributed by atoms with E-state index >= 15 is 0 Å². The molecule has 1 aromatic heterocycles. The number of thiazole rings is 1. The molecule has 1 N–H and O–H groups in total. The summed E-state index contributed by atoms with van der Waals surface area (Å²) in [5.41, 5.74) is 3.12. The molecule has 10 nitrogen and oxygen atoms in total. The first-order chi connectivity index (χ1) is 21.7. The van der Waals surface area contributed by atoms with E-state index in [2.05, 4.69) is 4.98 Å². The van der Waals surface area contributed by atoms with Gasteiger partial charge >= 0.3 is 11.9 Å². The highest BCUT2D eigenvalue weighted by Gasteiger charge is 2.48. The van der Waals surface area contributed by atoms with Gasteiger partial charge < -0.3 is 24.1 Å². The molecule has 4 aromatic rings. The van der Waals surface area contributed by atoms with Gasteiger partial charge in [-0.15, -0.1) is 0 Å². The van der Waals surface area contributed by atoms with Crippen molar-refractivity contribution in [3.05, 3.63) is 105 Å². The SMILES string of the molecule is CCOc1ccc(C2/C(=C(\O)c3ccc(OCc4ccccc4C)cc3)C(=O)C(=O)N2c2nc(C)c(C(=O)OC)s2)cc1OC. The number of Topliss-reactive ketones (excluding diaryl/α,β-unsaturated/α-hetero) is 1. The van der Waals surface area contributed by atoms with Gasteiger partial charge in [-0.25, -0.2) is 9.78 Å². The molecular formula is C34H32N2O8S. The Bertz CT molecular complexity index is 1790. The number of aryl methyl sites for hydroxylation is 2. The molecule has 1 amide bonds. The maximum atomic E-state index is 13.6. The molecule has 0 radical (unpaired) electrons. The summed E-state index contributed by atoms with van der Waals surface area (Å²) in [6, 6.07) is 18.4. The van der Waals surface area contributed by atoms with Gasteiger partial charge in [0.25, 0.3) is 5.78 Å². The van der Waals surface area contributed by atoms with Gasteiger partial charge in [-0.1, -0.05) is 41.7 Å². The summed E-state index contributed by atoms with van der Waals surface area (Å²) in [6.45, 7) is 6.22. The van der Waals surface area contributed by atoms with E-state index in [1.165, 1.54) is 19.1 Å². The maximum Gasteiger partial charge on any atom is 0.350 e. The number of carbonyl (C=O) groups is 3. The van der Waals surface area contributed by atoms with Crippen molar-refractivity contribution in [1.29, 1.82) is 0 Å². The predicted molar refractivity (Wildman–Crippen MR) is 169 cm³/mol. The van der Waals surface area contributed by atoms with Crippen molar-refractivity contribution in [3.8, 4) is 17.2 Å². The van der Waals surface area contributed by atoms with Gasteiger partial charge in [0.05, 0.1) is 38.1 Å². The molecule has 1 unspecified atom stereocenters. The normalized spacial score (nSPS) is 15.7. The number of carbonyl (C=O) groups excluding carboxylic acids is 3. The van der Waals surface area contributed by atoms with E-state index in [1.807, 2.05) is 38.1 Å². The zero-order chi connectivity index (χ0) is 32.2. The molecule has 0 saturated carbocycles. The minimum atomic E-state index is -1.09. The summed E-state index contributed by atoms with van der Waals surface area (Å²) in [5, 5.41) is 11.7. The van der Waals surface area contributed by atoms with E-state index in [4.69, 9.17) is 18.9 Å². The summed E-state index contributed by atoms with van der Waals surface area (Å²) in [5.74, 6) is -1.38. The number of aromatic nitrogens is 1. The molecule has 5 rings (SSSR count). The van der Waals surface area contributed by atoms with Crippen molar-refractivity contribution in [2.75, 3.05) is 25.7 Å². The second kappa shape index (κ2) is 13.2. The van der Waals surface area contributed by atoms with Crippen molar-refractivity contribution >= 4 is 39.9 Å². The Balaban J connectivity index is 1.58. The Hall–Kier alpha value is -5.16. The number of nitrogens with zero attached hydrogens (tertiary/aromatic N) is 2. The molecule has 45 heavy (non-hydrogen) atoms. The minimum Gasteiger partial charge on any atom is -0.507 e. The van der Waals surface area contributed by atoms with Gasteiger partial charge in [0.1, 0.15) is 23.0 Å². The Morgan fingerprint density at radius 2 is 1.71 bits per heavy atom. The molecule has 0 aliphatic carbocycles. The monoisotopic (exact) mass is 628 g/mol. The van der Waals surface area contributed by atoms with Crippen LogP contribution < -0.4 is 19.1 Å². The van der Waals surface area contributed by atoms with Gasteiger partial charge in [-0.2, -0.15) is 0 Å². The third-order valence-electron chi connectivity index (χ3n) is 7.39. The molecule has 1 aliphatic heterocycles. The highest BCUT2D eigenvalue weighted by molar-refractivity contribution is 7.17. The Labute approximate surface area is 264 Å². The smallest absolute Gasteiger partial charge is 0.350 e. The van der Waals surface area contributed by atoms with Crippen molar-refractivity contribution < 1.29 is 38.4 Å². The van der Waals surface area contributed by atoms with E-state index in [0.717, 1.165) is 22.5 Å². The predicted octanol–water partition coefficient (Wildman–Crippen LogP) is 6.16. The first-order valence-corrected chi connectivity index (χ1v) is 14.9. The third kappa shape index (κ3) is 6.12. The molecule has 2 heterocycles. The number of amides is 1. The molecule has 1 atom stereocenters. The fourth-order valence-electron chi connectivity index (χ4n) is 5.04. The minimum absolute atomic E-state index is 0.104. The summed E-state index contributed by atoms with van der Waals surface area (Å²) >= 11 is 0.921. The van der Waals surface area contributed by atoms with E-state index in [1.54, 1.807) is 49.4 Å². The molecule has 1 aliphatic rings. The lowest BCUT2D eigenvalue weighted by Gasteiger charge is -2.24. The van der Waals surface area contributed by atoms with Crippen LogP contribution in [0.3, 0.4) is 0 Å². The van der Waals surface area contributed by atoms with Crippen molar-refractivity contribution in [3.63, 3.8) is 0 Å². The number of aliphatic hydroxyl groups excluding tert-OH is 1. The topological polar surface area (TPSA) is 124 Å². The van der Waals surface area contributed by atoms with Crippen LogP contribution in [0.4, 0.5) is 5.13 Å². The largest absolute Gasteiger partial charge is 0.507 e. The zero-order valence-corrected chi connectivity index (χ0v) is 26.3. The van der Waals surface area contributed by atoms with E-state index in [9.17, 15) is 19.5 Å². The van der Waals surface area contributed by atoms with E-state index in [-0.39, 0.29) is 21.3 Å². The molecule has 232 valence electrons. The highest BCUT2D eigenvalue weighted by atomic mass is 32.1. The second-order valence-corrected chi connectivity index (χ2v) is 11.1. The van der Waals surface area contributed by atoms with Crippen LogP contribution >= 0.6 is 11.3 Å². The summed E-state index contributed by atoms with van der Waals surface area (Å²) in [6.07, 6.45) is 0. The van der Waals surface area contributed by atoms with Crippen molar-refractivity contribution in [2.24, 2.45) is 0 Å². The zero-order valence-electron chi connectivity index (χ0n) is 25.5. The lowest BCUT2D eigenvalue weighted by atomic mass is 9.95. The Morgan fingerprint density at radius 1 is 0.978 bits per heavy atom. The van der Waals surface area contributed by atoms with Gasteiger partial charge in [-0.3, -0.25) is 14.5 Å². The average molecular weight is 629 g/mol. The average Bonchev–Trinajstić information content (AvgIpc) is 3.56. The Kier molecular flexibility index (Phi) is 9.19. The molecule has 1 saturated heterocycles. The maximum absolute atomic E-state index is 13.6. The first-order valence-electron chi connectivity index (χ1n) is 14.1. The van der Waals surface area contributed by atoms with Crippen LogP contribution in [0.25, 0.3) is 5.76 Å². The lowest BCUT2D eigenvalue weighted by Crippen LogP contribution is -2.29. The number of anilines is 1. The number of hydrogen-bond acceptors (Lipinski definition) is 10. The van der Waals surface area contributed by atoms with Crippen LogP contribution in [0.15, 0.2) is 72.3 Å².